The number of aliphatic carboxylic acids is 1. The van der Waals surface area contributed by atoms with Gasteiger partial charge in [-0.3, -0.25) is 9.59 Å². The van der Waals surface area contributed by atoms with Crippen LogP contribution in [0.4, 0.5) is 0 Å². The van der Waals surface area contributed by atoms with Crippen LogP contribution in [0, 0.1) is 11.3 Å². The lowest BCUT2D eigenvalue weighted by Gasteiger charge is -2.26. The van der Waals surface area contributed by atoms with E-state index in [4.69, 9.17) is 0 Å². The predicted octanol–water partition coefficient (Wildman–Crippen LogP) is 2.80. The van der Waals surface area contributed by atoms with E-state index in [0.29, 0.717) is 12.8 Å². The van der Waals surface area contributed by atoms with E-state index in [2.05, 4.69) is 5.32 Å². The second-order valence-corrected chi connectivity index (χ2v) is 5.87. The monoisotopic (exact) mass is 289 g/mol. The number of benzene rings is 1. The fraction of sp³-hybridized carbons (Fsp3) is 0.529. The number of rotatable bonds is 7. The van der Waals surface area contributed by atoms with E-state index in [1.165, 1.54) is 5.56 Å². The zero-order valence-corrected chi connectivity index (χ0v) is 12.6. The predicted molar refractivity (Wildman–Crippen MR) is 81.0 cm³/mol. The van der Waals surface area contributed by atoms with Gasteiger partial charge in [0.1, 0.15) is 0 Å². The topological polar surface area (TPSA) is 66.4 Å². The van der Waals surface area contributed by atoms with Crippen LogP contribution in [0.25, 0.3) is 0 Å². The van der Waals surface area contributed by atoms with E-state index in [1.807, 2.05) is 44.2 Å². The number of amides is 1. The summed E-state index contributed by atoms with van der Waals surface area (Å²) in [5, 5.41) is 12.2. The zero-order chi connectivity index (χ0) is 15.5. The van der Waals surface area contributed by atoms with Crippen LogP contribution in [0.5, 0.6) is 0 Å². The molecule has 0 saturated heterocycles. The van der Waals surface area contributed by atoms with Gasteiger partial charge in [-0.2, -0.15) is 0 Å². The lowest BCUT2D eigenvalue weighted by molar-refractivity contribution is -0.149. The van der Waals surface area contributed by atoms with Gasteiger partial charge in [-0.25, -0.2) is 0 Å². The van der Waals surface area contributed by atoms with Crippen LogP contribution < -0.4 is 5.32 Å². The molecule has 4 nitrogen and oxygen atoms in total. The van der Waals surface area contributed by atoms with Crippen molar-refractivity contribution < 1.29 is 14.7 Å². The number of hydrogen-bond acceptors (Lipinski definition) is 2. The van der Waals surface area contributed by atoms with Gasteiger partial charge in [0.15, 0.2) is 0 Å². The van der Waals surface area contributed by atoms with Crippen LogP contribution in [0.2, 0.25) is 0 Å². The SMILES string of the molecule is CCC(CC)(CNC(=O)C1CC1c1ccccc1)C(=O)O. The zero-order valence-electron chi connectivity index (χ0n) is 12.6. The maximum Gasteiger partial charge on any atom is 0.311 e. The summed E-state index contributed by atoms with van der Waals surface area (Å²) in [5.41, 5.74) is 0.348. The maximum absolute atomic E-state index is 12.2. The lowest BCUT2D eigenvalue weighted by atomic mass is 9.82. The molecule has 0 radical (unpaired) electrons. The minimum Gasteiger partial charge on any atom is -0.481 e. The summed E-state index contributed by atoms with van der Waals surface area (Å²) in [6.07, 6.45) is 1.89. The second-order valence-electron chi connectivity index (χ2n) is 5.87. The molecule has 4 heteroatoms. The summed E-state index contributed by atoms with van der Waals surface area (Å²) in [5.74, 6) is -0.569. The van der Waals surface area contributed by atoms with E-state index < -0.39 is 11.4 Å². The van der Waals surface area contributed by atoms with Crippen molar-refractivity contribution in [3.63, 3.8) is 0 Å². The van der Waals surface area contributed by atoms with Gasteiger partial charge in [0, 0.05) is 12.5 Å². The van der Waals surface area contributed by atoms with Crippen LogP contribution in [0.1, 0.15) is 44.6 Å². The van der Waals surface area contributed by atoms with Gasteiger partial charge in [0.05, 0.1) is 5.41 Å². The molecule has 1 aliphatic carbocycles. The molecular weight excluding hydrogens is 266 g/mol. The number of nitrogens with one attached hydrogen (secondary N) is 1. The maximum atomic E-state index is 12.2. The molecule has 114 valence electrons. The first-order chi connectivity index (χ1) is 10.0. The molecule has 21 heavy (non-hydrogen) atoms. The molecule has 2 N–H and O–H groups in total. The number of carbonyl (C=O) groups excluding carboxylic acids is 1. The molecule has 0 spiro atoms. The van der Waals surface area contributed by atoms with E-state index in [0.717, 1.165) is 6.42 Å². The van der Waals surface area contributed by atoms with Gasteiger partial charge in [-0.15, -0.1) is 0 Å². The standard InChI is InChI=1S/C17H23NO3/c1-3-17(4-2,16(20)21)11-18-15(19)14-10-13(14)12-8-6-5-7-9-12/h5-9,13-14H,3-4,10-11H2,1-2H3,(H,18,19)(H,20,21). The minimum atomic E-state index is -0.840. The third kappa shape index (κ3) is 3.26. The van der Waals surface area contributed by atoms with Crippen LogP contribution in [0.3, 0.4) is 0 Å². The Morgan fingerprint density at radius 2 is 1.86 bits per heavy atom. The third-order valence-corrected chi connectivity index (χ3v) is 4.76. The van der Waals surface area contributed by atoms with Crippen molar-refractivity contribution in [3.8, 4) is 0 Å². The summed E-state index contributed by atoms with van der Waals surface area (Å²) < 4.78 is 0. The Kier molecular flexibility index (Phi) is 4.66. The summed E-state index contributed by atoms with van der Waals surface area (Å²) in [6, 6.07) is 10.00. The van der Waals surface area contributed by atoms with Crippen molar-refractivity contribution in [1.29, 1.82) is 0 Å². The Balaban J connectivity index is 1.90. The van der Waals surface area contributed by atoms with Crippen molar-refractivity contribution in [2.75, 3.05) is 6.54 Å². The van der Waals surface area contributed by atoms with Gasteiger partial charge in [-0.05, 0) is 30.7 Å². The fourth-order valence-electron chi connectivity index (χ4n) is 2.82. The smallest absolute Gasteiger partial charge is 0.311 e. The molecule has 1 saturated carbocycles. The van der Waals surface area contributed by atoms with E-state index in [1.54, 1.807) is 0 Å². The van der Waals surface area contributed by atoms with Crippen LogP contribution in [0.15, 0.2) is 30.3 Å². The third-order valence-electron chi connectivity index (χ3n) is 4.76. The first-order valence-electron chi connectivity index (χ1n) is 7.60. The largest absolute Gasteiger partial charge is 0.481 e. The number of carbonyl (C=O) groups is 2. The summed E-state index contributed by atoms with van der Waals surface area (Å²) in [4.78, 5) is 23.6. The highest BCUT2D eigenvalue weighted by molar-refractivity contribution is 5.84. The Labute approximate surface area is 125 Å². The molecule has 2 atom stereocenters. The van der Waals surface area contributed by atoms with Crippen LogP contribution in [-0.2, 0) is 9.59 Å². The Bertz CT molecular complexity index is 508. The Morgan fingerprint density at radius 3 is 2.38 bits per heavy atom. The van der Waals surface area contributed by atoms with Gasteiger partial charge in [-0.1, -0.05) is 44.2 Å². The van der Waals surface area contributed by atoms with Crippen molar-refractivity contribution in [2.45, 2.75) is 39.0 Å². The molecule has 1 fully saturated rings. The van der Waals surface area contributed by atoms with Crippen LogP contribution >= 0.6 is 0 Å². The van der Waals surface area contributed by atoms with Crippen molar-refractivity contribution in [2.24, 2.45) is 11.3 Å². The molecule has 1 aromatic carbocycles. The summed E-state index contributed by atoms with van der Waals surface area (Å²) >= 11 is 0. The highest BCUT2D eigenvalue weighted by atomic mass is 16.4. The average molecular weight is 289 g/mol. The first-order valence-corrected chi connectivity index (χ1v) is 7.60. The highest BCUT2D eigenvalue weighted by Crippen LogP contribution is 2.47. The second kappa shape index (κ2) is 6.29. The van der Waals surface area contributed by atoms with Crippen molar-refractivity contribution in [1.82, 2.24) is 5.32 Å². The van der Waals surface area contributed by atoms with Crippen LogP contribution in [-0.4, -0.2) is 23.5 Å². The molecule has 1 aromatic rings. The number of carboxylic acid groups (broad SMARTS) is 1. The lowest BCUT2D eigenvalue weighted by Crippen LogP contribution is -2.43. The molecule has 0 heterocycles. The molecule has 1 amide bonds. The highest BCUT2D eigenvalue weighted by Gasteiger charge is 2.45. The minimum absolute atomic E-state index is 0.00685. The summed E-state index contributed by atoms with van der Waals surface area (Å²) in [6.45, 7) is 3.92. The van der Waals surface area contributed by atoms with Crippen molar-refractivity contribution in [3.05, 3.63) is 35.9 Å². The molecular formula is C17H23NO3. The van der Waals surface area contributed by atoms with Gasteiger partial charge >= 0.3 is 5.97 Å². The molecule has 1 aliphatic rings. The Morgan fingerprint density at radius 1 is 1.24 bits per heavy atom. The van der Waals surface area contributed by atoms with Gasteiger partial charge in [0.25, 0.3) is 0 Å². The summed E-state index contributed by atoms with van der Waals surface area (Å²) in [7, 11) is 0. The van der Waals surface area contributed by atoms with Gasteiger partial charge < -0.3 is 10.4 Å². The van der Waals surface area contributed by atoms with Crippen molar-refractivity contribution >= 4 is 11.9 Å². The molecule has 0 bridgehead atoms. The quantitative estimate of drug-likeness (QED) is 0.811. The number of carboxylic acids is 1. The average Bonchev–Trinajstić information content (AvgIpc) is 3.30. The van der Waals surface area contributed by atoms with Gasteiger partial charge in [0.2, 0.25) is 5.91 Å². The van der Waals surface area contributed by atoms with E-state index >= 15 is 0 Å². The first kappa shape index (κ1) is 15.5. The normalized spacial score (nSPS) is 20.9. The molecule has 0 aliphatic heterocycles. The fourth-order valence-corrected chi connectivity index (χ4v) is 2.82. The Hall–Kier alpha value is -1.84. The number of hydrogen-bond donors (Lipinski definition) is 2. The molecule has 2 unspecified atom stereocenters. The molecule has 2 rings (SSSR count). The van der Waals surface area contributed by atoms with E-state index in [-0.39, 0.29) is 24.3 Å². The molecule has 0 aromatic heterocycles. The van der Waals surface area contributed by atoms with E-state index in [9.17, 15) is 14.7 Å².